The molecular weight excluding hydrogens is 418 g/mol. The van der Waals surface area contributed by atoms with Crippen LogP contribution in [0.15, 0.2) is 45.9 Å². The zero-order chi connectivity index (χ0) is 19.2. The maximum atomic E-state index is 13.3. The van der Waals surface area contributed by atoms with Gasteiger partial charge in [-0.05, 0) is 71.6 Å². The van der Waals surface area contributed by atoms with Gasteiger partial charge >= 0.3 is 0 Å². The topological polar surface area (TPSA) is 83.3 Å². The van der Waals surface area contributed by atoms with E-state index in [1.54, 1.807) is 38.4 Å². The average molecular weight is 438 g/mol. The molecule has 6 nitrogen and oxygen atoms in total. The molecule has 0 fully saturated rings. The minimum Gasteiger partial charge on any atom is -0.385 e. The fraction of sp³-hybridized carbons (Fsp3) is 0.333. The fourth-order valence-electron chi connectivity index (χ4n) is 2.50. The lowest BCUT2D eigenvalue weighted by atomic mass is 10.2. The molecule has 0 aliphatic heterocycles. The Balaban J connectivity index is 2.42. The van der Waals surface area contributed by atoms with Crippen molar-refractivity contribution >= 4 is 31.8 Å². The Bertz CT molecular complexity index is 893. The Morgan fingerprint density at radius 1 is 1.27 bits per heavy atom. The third-order valence-electron chi connectivity index (χ3n) is 3.80. The second-order valence-electron chi connectivity index (χ2n) is 5.70. The van der Waals surface area contributed by atoms with Gasteiger partial charge in [0.1, 0.15) is 5.82 Å². The Hall–Kier alpha value is -1.95. The van der Waals surface area contributed by atoms with E-state index in [9.17, 15) is 8.42 Å². The lowest BCUT2D eigenvalue weighted by Gasteiger charge is -2.24. The third kappa shape index (κ3) is 4.81. The first-order chi connectivity index (χ1) is 12.4. The standard InChI is InChI=1S/C18H20BrN3O3S/c1-14-11-15(12-20)5-7-17(14)26(23,24)22(9-3-4-10-25-2)18-8-6-16(19)13-21-18/h5-8,11,13H,3-4,9-10H2,1-2H3. The molecule has 1 aromatic carbocycles. The number of hydrogen-bond donors (Lipinski definition) is 0. The minimum atomic E-state index is -3.80. The molecule has 0 N–H and O–H groups in total. The molecule has 2 aromatic rings. The summed E-state index contributed by atoms with van der Waals surface area (Å²) in [7, 11) is -2.19. The van der Waals surface area contributed by atoms with Crippen LogP contribution in [0.5, 0.6) is 0 Å². The molecule has 1 heterocycles. The van der Waals surface area contributed by atoms with Gasteiger partial charge in [-0.2, -0.15) is 5.26 Å². The highest BCUT2D eigenvalue weighted by Gasteiger charge is 2.27. The molecule has 0 bridgehead atoms. The lowest BCUT2D eigenvalue weighted by Crippen LogP contribution is -2.33. The van der Waals surface area contributed by atoms with Crippen LogP contribution in [0, 0.1) is 18.3 Å². The molecule has 26 heavy (non-hydrogen) atoms. The molecule has 0 spiro atoms. The van der Waals surface area contributed by atoms with Gasteiger partial charge in [0, 0.05) is 30.9 Å². The van der Waals surface area contributed by atoms with Gasteiger partial charge in [0.2, 0.25) is 0 Å². The van der Waals surface area contributed by atoms with E-state index in [0.717, 1.165) is 10.9 Å². The molecule has 0 amide bonds. The van der Waals surface area contributed by atoms with Crippen LogP contribution in [0.3, 0.4) is 0 Å². The maximum Gasteiger partial charge on any atom is 0.265 e. The molecular formula is C18H20BrN3O3S. The van der Waals surface area contributed by atoms with Gasteiger partial charge in [-0.1, -0.05) is 0 Å². The number of nitrogens with zero attached hydrogens (tertiary/aromatic N) is 3. The second-order valence-corrected chi connectivity index (χ2v) is 8.45. The van der Waals surface area contributed by atoms with Crippen LogP contribution >= 0.6 is 15.9 Å². The van der Waals surface area contributed by atoms with E-state index in [1.807, 2.05) is 6.07 Å². The summed E-state index contributed by atoms with van der Waals surface area (Å²) in [6, 6.07) is 10.0. The summed E-state index contributed by atoms with van der Waals surface area (Å²) in [6.45, 7) is 2.54. The van der Waals surface area contributed by atoms with E-state index in [1.165, 1.54) is 16.4 Å². The van der Waals surface area contributed by atoms with Crippen LogP contribution in [-0.2, 0) is 14.8 Å². The van der Waals surface area contributed by atoms with Crippen molar-refractivity contribution in [2.45, 2.75) is 24.7 Å². The summed E-state index contributed by atoms with van der Waals surface area (Å²) in [6.07, 6.45) is 2.95. The number of aryl methyl sites for hydroxylation is 1. The summed E-state index contributed by atoms with van der Waals surface area (Å²) in [5.74, 6) is 0.356. The predicted octanol–water partition coefficient (Wildman–Crippen LogP) is 3.65. The highest BCUT2D eigenvalue weighted by molar-refractivity contribution is 9.10. The number of benzene rings is 1. The SMILES string of the molecule is COCCCCN(c1ccc(Br)cn1)S(=O)(=O)c1ccc(C#N)cc1C. The number of ether oxygens (including phenoxy) is 1. The minimum absolute atomic E-state index is 0.174. The van der Waals surface area contributed by atoms with E-state index in [-0.39, 0.29) is 4.90 Å². The Morgan fingerprint density at radius 2 is 2.04 bits per heavy atom. The molecule has 0 saturated carbocycles. The van der Waals surface area contributed by atoms with Crippen molar-refractivity contribution in [2.75, 3.05) is 24.6 Å². The van der Waals surface area contributed by atoms with E-state index < -0.39 is 10.0 Å². The third-order valence-corrected chi connectivity index (χ3v) is 6.23. The number of halogens is 1. The van der Waals surface area contributed by atoms with Crippen molar-refractivity contribution in [3.8, 4) is 6.07 Å². The fourth-order valence-corrected chi connectivity index (χ4v) is 4.40. The number of aromatic nitrogens is 1. The average Bonchev–Trinajstić information content (AvgIpc) is 2.62. The zero-order valence-electron chi connectivity index (χ0n) is 14.6. The Kier molecular flexibility index (Phi) is 7.14. The molecule has 0 saturated heterocycles. The van der Waals surface area contributed by atoms with E-state index in [4.69, 9.17) is 10.00 Å². The van der Waals surface area contributed by atoms with Crippen LogP contribution in [0.2, 0.25) is 0 Å². The van der Waals surface area contributed by atoms with Crippen LogP contribution < -0.4 is 4.31 Å². The molecule has 8 heteroatoms. The summed E-state index contributed by atoms with van der Waals surface area (Å²) < 4.78 is 33.6. The first-order valence-electron chi connectivity index (χ1n) is 8.04. The molecule has 0 atom stereocenters. The quantitative estimate of drug-likeness (QED) is 0.588. The number of unbranched alkanes of at least 4 members (excludes halogenated alkanes) is 1. The van der Waals surface area contributed by atoms with E-state index in [2.05, 4.69) is 20.9 Å². The van der Waals surface area contributed by atoms with Gasteiger partial charge in [-0.25, -0.2) is 17.7 Å². The number of sulfonamides is 1. The van der Waals surface area contributed by atoms with Gasteiger partial charge in [-0.3, -0.25) is 0 Å². The van der Waals surface area contributed by atoms with Crippen molar-refractivity contribution in [1.29, 1.82) is 5.26 Å². The molecule has 0 unspecified atom stereocenters. The van der Waals surface area contributed by atoms with Crippen molar-refractivity contribution < 1.29 is 13.2 Å². The normalized spacial score (nSPS) is 11.2. The zero-order valence-corrected chi connectivity index (χ0v) is 17.0. The number of pyridine rings is 1. The highest BCUT2D eigenvalue weighted by atomic mass is 79.9. The number of anilines is 1. The molecule has 138 valence electrons. The van der Waals surface area contributed by atoms with Gasteiger partial charge in [0.15, 0.2) is 0 Å². The van der Waals surface area contributed by atoms with E-state index >= 15 is 0 Å². The summed E-state index contributed by atoms with van der Waals surface area (Å²) in [5.41, 5.74) is 0.956. The molecule has 0 aliphatic carbocycles. The Morgan fingerprint density at radius 3 is 2.62 bits per heavy atom. The summed E-state index contributed by atoms with van der Waals surface area (Å²) >= 11 is 3.31. The van der Waals surface area contributed by atoms with E-state index in [0.29, 0.717) is 36.5 Å². The second kappa shape index (κ2) is 9.12. The van der Waals surface area contributed by atoms with Crippen molar-refractivity contribution in [3.05, 3.63) is 52.1 Å². The first kappa shape index (κ1) is 20.4. The number of rotatable bonds is 8. The van der Waals surface area contributed by atoms with Gasteiger partial charge < -0.3 is 4.74 Å². The molecule has 1 aromatic heterocycles. The predicted molar refractivity (Wildman–Crippen MR) is 103 cm³/mol. The highest BCUT2D eigenvalue weighted by Crippen LogP contribution is 2.26. The monoisotopic (exact) mass is 437 g/mol. The number of nitriles is 1. The summed E-state index contributed by atoms with van der Waals surface area (Å²) in [5, 5.41) is 9.00. The van der Waals surface area contributed by atoms with Crippen molar-refractivity contribution in [2.24, 2.45) is 0 Å². The van der Waals surface area contributed by atoms with Gasteiger partial charge in [0.25, 0.3) is 10.0 Å². The molecule has 2 rings (SSSR count). The van der Waals surface area contributed by atoms with Crippen LogP contribution in [0.25, 0.3) is 0 Å². The largest absolute Gasteiger partial charge is 0.385 e. The van der Waals surface area contributed by atoms with Crippen molar-refractivity contribution in [1.82, 2.24) is 4.98 Å². The Labute approximate surface area is 162 Å². The number of hydrogen-bond acceptors (Lipinski definition) is 5. The van der Waals surface area contributed by atoms with Gasteiger partial charge in [0.05, 0.1) is 16.5 Å². The van der Waals surface area contributed by atoms with Crippen LogP contribution in [-0.4, -0.2) is 33.7 Å². The van der Waals surface area contributed by atoms with Crippen LogP contribution in [0.4, 0.5) is 5.82 Å². The van der Waals surface area contributed by atoms with Crippen LogP contribution in [0.1, 0.15) is 24.0 Å². The molecule has 0 aliphatic rings. The molecule has 0 radical (unpaired) electrons. The van der Waals surface area contributed by atoms with Gasteiger partial charge in [-0.15, -0.1) is 0 Å². The lowest BCUT2D eigenvalue weighted by molar-refractivity contribution is 0.193. The smallest absolute Gasteiger partial charge is 0.265 e. The first-order valence-corrected chi connectivity index (χ1v) is 10.3. The summed E-state index contributed by atoms with van der Waals surface area (Å²) in [4.78, 5) is 4.42. The van der Waals surface area contributed by atoms with Crippen molar-refractivity contribution in [3.63, 3.8) is 0 Å². The maximum absolute atomic E-state index is 13.3. The number of methoxy groups -OCH3 is 1.